The number of hydrogen-bond acceptors (Lipinski definition) is 2. The van der Waals surface area contributed by atoms with Crippen LogP contribution in [-0.2, 0) is 6.54 Å². The fourth-order valence-corrected chi connectivity index (χ4v) is 3.62. The van der Waals surface area contributed by atoms with Gasteiger partial charge in [0.25, 0.3) is 5.91 Å². The molecule has 0 aliphatic heterocycles. The highest BCUT2D eigenvalue weighted by Gasteiger charge is 2.24. The molecule has 1 saturated carbocycles. The molecule has 6 heteroatoms. The van der Waals surface area contributed by atoms with Crippen LogP contribution in [0.1, 0.15) is 47.2 Å². The maximum atomic E-state index is 12.4. The van der Waals surface area contributed by atoms with Crippen molar-refractivity contribution in [3.05, 3.63) is 70.2 Å². The number of aryl methyl sites for hydroxylation is 1. The number of halogens is 1. The van der Waals surface area contributed by atoms with Crippen LogP contribution in [0.15, 0.2) is 48.5 Å². The van der Waals surface area contributed by atoms with Crippen molar-refractivity contribution < 1.29 is 9.59 Å². The minimum atomic E-state index is -0.164. The molecule has 3 amide bonds. The molecule has 3 N–H and O–H groups in total. The van der Waals surface area contributed by atoms with Gasteiger partial charge in [-0.3, -0.25) is 4.79 Å². The second-order valence-corrected chi connectivity index (χ2v) is 7.73. The molecule has 0 bridgehead atoms. The van der Waals surface area contributed by atoms with Gasteiger partial charge in [-0.2, -0.15) is 0 Å². The Labute approximate surface area is 170 Å². The van der Waals surface area contributed by atoms with Gasteiger partial charge >= 0.3 is 6.03 Å². The lowest BCUT2D eigenvalue weighted by Crippen LogP contribution is -2.46. The first-order valence-electron chi connectivity index (χ1n) is 9.66. The third-order valence-corrected chi connectivity index (χ3v) is 5.41. The fraction of sp³-hybridized carbons (Fsp3) is 0.364. The summed E-state index contributed by atoms with van der Waals surface area (Å²) in [6.07, 6.45) is 3.43. The quantitative estimate of drug-likeness (QED) is 0.705. The smallest absolute Gasteiger partial charge is 0.315 e. The topological polar surface area (TPSA) is 70.2 Å². The van der Waals surface area contributed by atoms with E-state index in [0.717, 1.165) is 42.4 Å². The van der Waals surface area contributed by atoms with E-state index in [0.29, 0.717) is 11.6 Å². The first-order chi connectivity index (χ1) is 13.5. The molecule has 1 aliphatic rings. The van der Waals surface area contributed by atoms with Gasteiger partial charge in [-0.25, -0.2) is 4.79 Å². The molecule has 2 aromatic rings. The molecule has 2 aromatic carbocycles. The highest BCUT2D eigenvalue weighted by atomic mass is 35.5. The molecule has 3 rings (SSSR count). The lowest BCUT2D eigenvalue weighted by molar-refractivity contribution is 0.0923. The summed E-state index contributed by atoms with van der Waals surface area (Å²) < 4.78 is 0. The van der Waals surface area contributed by atoms with Gasteiger partial charge in [0.15, 0.2) is 0 Å². The van der Waals surface area contributed by atoms with E-state index in [2.05, 4.69) is 16.0 Å². The lowest BCUT2D eigenvalue weighted by Gasteiger charge is -2.29. The normalized spacial score (nSPS) is 18.9. The standard InChI is InChI=1S/C22H26ClN3O2/c1-15-4-2-3-5-20(15)21(27)25-18-10-12-19(13-11-18)26-22(28)24-14-16-6-8-17(23)9-7-16/h2-9,18-19H,10-14H2,1H3,(H,25,27)(H2,24,26,28). The molecular weight excluding hydrogens is 374 g/mol. The SMILES string of the molecule is Cc1ccccc1C(=O)NC1CCC(NC(=O)NCc2ccc(Cl)cc2)CC1. The van der Waals surface area contributed by atoms with E-state index in [9.17, 15) is 9.59 Å². The zero-order valence-electron chi connectivity index (χ0n) is 16.0. The summed E-state index contributed by atoms with van der Waals surface area (Å²) in [5.41, 5.74) is 2.71. The second kappa shape index (κ2) is 9.60. The minimum Gasteiger partial charge on any atom is -0.349 e. The number of amides is 3. The summed E-state index contributed by atoms with van der Waals surface area (Å²) in [5.74, 6) is -0.0183. The maximum Gasteiger partial charge on any atom is 0.315 e. The van der Waals surface area contributed by atoms with Crippen LogP contribution < -0.4 is 16.0 Å². The Kier molecular flexibility index (Phi) is 6.93. The highest BCUT2D eigenvalue weighted by molar-refractivity contribution is 6.30. The summed E-state index contributed by atoms with van der Waals surface area (Å²) in [6, 6.07) is 15.1. The molecule has 1 fully saturated rings. The van der Waals surface area contributed by atoms with E-state index in [-0.39, 0.29) is 24.0 Å². The monoisotopic (exact) mass is 399 g/mol. The van der Waals surface area contributed by atoms with Crippen molar-refractivity contribution in [2.45, 2.75) is 51.2 Å². The number of nitrogens with one attached hydrogen (secondary N) is 3. The summed E-state index contributed by atoms with van der Waals surface area (Å²) in [7, 11) is 0. The van der Waals surface area contributed by atoms with E-state index in [4.69, 9.17) is 11.6 Å². The average Bonchev–Trinajstić information content (AvgIpc) is 2.69. The Bertz CT molecular complexity index is 815. The van der Waals surface area contributed by atoms with Gasteiger partial charge in [0.05, 0.1) is 0 Å². The molecule has 0 heterocycles. The Morgan fingerprint density at radius 1 is 0.929 bits per heavy atom. The van der Waals surface area contributed by atoms with Crippen LogP contribution in [0.4, 0.5) is 4.79 Å². The first-order valence-corrected chi connectivity index (χ1v) is 10.0. The van der Waals surface area contributed by atoms with E-state index >= 15 is 0 Å². The molecule has 0 aromatic heterocycles. The van der Waals surface area contributed by atoms with Crippen LogP contribution in [0, 0.1) is 6.92 Å². The summed E-state index contributed by atoms with van der Waals surface area (Å²) >= 11 is 5.86. The van der Waals surface area contributed by atoms with Crippen molar-refractivity contribution in [2.24, 2.45) is 0 Å². The zero-order valence-corrected chi connectivity index (χ0v) is 16.8. The summed E-state index contributed by atoms with van der Waals surface area (Å²) in [6.45, 7) is 2.41. The molecular formula is C22H26ClN3O2. The molecule has 0 radical (unpaired) electrons. The molecule has 148 valence electrons. The van der Waals surface area contributed by atoms with Crippen molar-refractivity contribution in [2.75, 3.05) is 0 Å². The van der Waals surface area contributed by atoms with Crippen LogP contribution >= 0.6 is 11.6 Å². The predicted molar refractivity (Wildman–Crippen MR) is 112 cm³/mol. The number of rotatable bonds is 5. The third-order valence-electron chi connectivity index (χ3n) is 5.15. The number of hydrogen-bond donors (Lipinski definition) is 3. The minimum absolute atomic E-state index is 0.0183. The Balaban J connectivity index is 1.39. The first kappa shape index (κ1) is 20.2. The van der Waals surface area contributed by atoms with E-state index in [1.807, 2.05) is 55.5 Å². The number of urea groups is 1. The number of benzene rings is 2. The molecule has 0 atom stereocenters. The molecule has 5 nitrogen and oxygen atoms in total. The van der Waals surface area contributed by atoms with Gasteiger partial charge in [0.2, 0.25) is 0 Å². The Morgan fingerprint density at radius 2 is 1.54 bits per heavy atom. The van der Waals surface area contributed by atoms with Crippen LogP contribution in [0.5, 0.6) is 0 Å². The molecule has 28 heavy (non-hydrogen) atoms. The molecule has 1 aliphatic carbocycles. The van der Waals surface area contributed by atoms with Crippen molar-refractivity contribution in [1.29, 1.82) is 0 Å². The Morgan fingerprint density at radius 3 is 2.18 bits per heavy atom. The molecule has 0 spiro atoms. The fourth-order valence-electron chi connectivity index (χ4n) is 3.49. The predicted octanol–water partition coefficient (Wildman–Crippen LogP) is 4.19. The highest BCUT2D eigenvalue weighted by Crippen LogP contribution is 2.19. The van der Waals surface area contributed by atoms with Crippen molar-refractivity contribution in [3.63, 3.8) is 0 Å². The zero-order chi connectivity index (χ0) is 19.9. The van der Waals surface area contributed by atoms with Crippen molar-refractivity contribution in [1.82, 2.24) is 16.0 Å². The van der Waals surface area contributed by atoms with Crippen LogP contribution in [0.25, 0.3) is 0 Å². The summed E-state index contributed by atoms with van der Waals surface area (Å²) in [4.78, 5) is 24.6. The second-order valence-electron chi connectivity index (χ2n) is 7.29. The van der Waals surface area contributed by atoms with E-state index in [1.54, 1.807) is 0 Å². The number of carbonyl (C=O) groups excluding carboxylic acids is 2. The molecule has 0 saturated heterocycles. The summed E-state index contributed by atoms with van der Waals surface area (Å²) in [5, 5.41) is 9.70. The molecule has 0 unspecified atom stereocenters. The van der Waals surface area contributed by atoms with E-state index < -0.39 is 0 Å². The third kappa shape index (κ3) is 5.73. The van der Waals surface area contributed by atoms with Gasteiger partial charge < -0.3 is 16.0 Å². The van der Waals surface area contributed by atoms with Gasteiger partial charge in [0, 0.05) is 29.2 Å². The van der Waals surface area contributed by atoms with Gasteiger partial charge in [0.1, 0.15) is 0 Å². The van der Waals surface area contributed by atoms with Crippen LogP contribution in [0.3, 0.4) is 0 Å². The number of carbonyl (C=O) groups is 2. The van der Waals surface area contributed by atoms with Gasteiger partial charge in [-0.05, 0) is 61.9 Å². The maximum absolute atomic E-state index is 12.4. The van der Waals surface area contributed by atoms with Crippen LogP contribution in [-0.4, -0.2) is 24.0 Å². The van der Waals surface area contributed by atoms with Gasteiger partial charge in [-0.1, -0.05) is 41.9 Å². The van der Waals surface area contributed by atoms with Crippen molar-refractivity contribution >= 4 is 23.5 Å². The van der Waals surface area contributed by atoms with E-state index in [1.165, 1.54) is 0 Å². The van der Waals surface area contributed by atoms with Gasteiger partial charge in [-0.15, -0.1) is 0 Å². The Hall–Kier alpha value is -2.53. The average molecular weight is 400 g/mol. The van der Waals surface area contributed by atoms with Crippen molar-refractivity contribution in [3.8, 4) is 0 Å². The largest absolute Gasteiger partial charge is 0.349 e. The lowest BCUT2D eigenvalue weighted by atomic mass is 9.91. The van der Waals surface area contributed by atoms with Crippen LogP contribution in [0.2, 0.25) is 5.02 Å².